The van der Waals surface area contributed by atoms with E-state index in [0.717, 1.165) is 61.5 Å². The van der Waals surface area contributed by atoms with Crippen LogP contribution in [0.15, 0.2) is 66.3 Å². The summed E-state index contributed by atoms with van der Waals surface area (Å²) >= 11 is 0. The van der Waals surface area contributed by atoms with E-state index in [-0.39, 0.29) is 5.82 Å². The molecular weight excluding hydrogens is 415 g/mol. The van der Waals surface area contributed by atoms with Crippen LogP contribution in [-0.2, 0) is 25.7 Å². The fraction of sp³-hybridized carbons (Fsp3) is 0.515. The molecule has 182 valence electrons. The summed E-state index contributed by atoms with van der Waals surface area (Å²) in [6.45, 7) is 2.32. The van der Waals surface area contributed by atoms with Gasteiger partial charge in [0.1, 0.15) is 5.82 Å². The van der Waals surface area contributed by atoms with Crippen molar-refractivity contribution >= 4 is 0 Å². The van der Waals surface area contributed by atoms with E-state index < -0.39 is 0 Å². The number of halogens is 1. The van der Waals surface area contributed by atoms with Crippen molar-refractivity contribution in [1.29, 1.82) is 0 Å². The van der Waals surface area contributed by atoms with E-state index in [0.29, 0.717) is 0 Å². The zero-order valence-electron chi connectivity index (χ0n) is 21.2. The molecule has 4 rings (SSSR count). The van der Waals surface area contributed by atoms with Gasteiger partial charge in [-0.15, -0.1) is 0 Å². The monoisotopic (exact) mass is 458 g/mol. The molecule has 2 aliphatic carbocycles. The Morgan fingerprint density at radius 1 is 0.735 bits per heavy atom. The minimum Gasteiger partial charge on any atom is -0.207 e. The second-order valence-corrected chi connectivity index (χ2v) is 10.7. The number of hydrogen-bond donors (Lipinski definition) is 0. The third-order valence-corrected chi connectivity index (χ3v) is 8.16. The first-order valence-corrected chi connectivity index (χ1v) is 13.9. The van der Waals surface area contributed by atoms with Gasteiger partial charge in [0.2, 0.25) is 0 Å². The zero-order valence-corrected chi connectivity index (χ0v) is 21.2. The molecule has 0 aliphatic heterocycles. The second-order valence-electron chi connectivity index (χ2n) is 10.7. The normalized spacial score (nSPS) is 20.4. The molecule has 1 fully saturated rings. The Bertz CT molecular complexity index is 941. The van der Waals surface area contributed by atoms with Crippen LogP contribution < -0.4 is 0 Å². The molecule has 0 heterocycles. The fourth-order valence-electron chi connectivity index (χ4n) is 5.85. The van der Waals surface area contributed by atoms with Gasteiger partial charge in [0.15, 0.2) is 0 Å². The Hall–Kier alpha value is -2.15. The lowest BCUT2D eigenvalue weighted by Crippen LogP contribution is -2.15. The molecule has 0 atom stereocenters. The highest BCUT2D eigenvalue weighted by Gasteiger charge is 2.20. The van der Waals surface area contributed by atoms with Crippen LogP contribution in [-0.4, -0.2) is 0 Å². The molecule has 0 bridgehead atoms. The first kappa shape index (κ1) is 25.0. The molecule has 2 aromatic carbocycles. The molecular formula is C33H43F. The Labute approximate surface area is 207 Å². The maximum Gasteiger partial charge on any atom is 0.126 e. The molecule has 0 aromatic heterocycles. The first-order chi connectivity index (χ1) is 16.7. The molecule has 0 saturated heterocycles. The van der Waals surface area contributed by atoms with E-state index in [4.69, 9.17) is 0 Å². The second kappa shape index (κ2) is 13.1. The highest BCUT2D eigenvalue weighted by atomic mass is 19.1. The van der Waals surface area contributed by atoms with Crippen molar-refractivity contribution in [3.63, 3.8) is 0 Å². The zero-order chi connectivity index (χ0) is 23.6. The third-order valence-electron chi connectivity index (χ3n) is 8.16. The average Bonchev–Trinajstić information content (AvgIpc) is 2.88. The summed E-state index contributed by atoms with van der Waals surface area (Å²) < 4.78 is 14.7. The van der Waals surface area contributed by atoms with Crippen LogP contribution in [0.25, 0.3) is 0 Å². The highest BCUT2D eigenvalue weighted by molar-refractivity contribution is 5.28. The number of aryl methyl sites for hydroxylation is 4. The Morgan fingerprint density at radius 2 is 1.38 bits per heavy atom. The maximum absolute atomic E-state index is 14.7. The van der Waals surface area contributed by atoms with Gasteiger partial charge in [0, 0.05) is 0 Å². The molecule has 1 saturated carbocycles. The minimum absolute atomic E-state index is 0.0414. The van der Waals surface area contributed by atoms with Gasteiger partial charge in [0.25, 0.3) is 0 Å². The van der Waals surface area contributed by atoms with Crippen molar-refractivity contribution < 1.29 is 4.39 Å². The molecule has 0 amide bonds. The predicted molar refractivity (Wildman–Crippen MR) is 144 cm³/mol. The van der Waals surface area contributed by atoms with Crippen LogP contribution in [0.4, 0.5) is 4.39 Å². The fourth-order valence-corrected chi connectivity index (χ4v) is 5.85. The van der Waals surface area contributed by atoms with Crippen LogP contribution in [0, 0.1) is 17.7 Å². The van der Waals surface area contributed by atoms with Crippen LogP contribution in [0.3, 0.4) is 0 Å². The topological polar surface area (TPSA) is 0 Å². The van der Waals surface area contributed by atoms with Crippen LogP contribution in [0.1, 0.15) is 93.4 Å². The maximum atomic E-state index is 14.7. The van der Waals surface area contributed by atoms with E-state index in [1.165, 1.54) is 68.1 Å². The van der Waals surface area contributed by atoms with Crippen molar-refractivity contribution in [2.45, 2.75) is 96.8 Å². The molecule has 1 heteroatoms. The average molecular weight is 459 g/mol. The van der Waals surface area contributed by atoms with Crippen molar-refractivity contribution in [1.82, 2.24) is 0 Å². The van der Waals surface area contributed by atoms with E-state index in [9.17, 15) is 4.39 Å². The molecule has 34 heavy (non-hydrogen) atoms. The van der Waals surface area contributed by atoms with Gasteiger partial charge in [-0.1, -0.05) is 106 Å². The Kier molecular flexibility index (Phi) is 9.60. The largest absolute Gasteiger partial charge is 0.207 e. The first-order valence-electron chi connectivity index (χ1n) is 13.9. The number of allylic oxidation sites excluding steroid dienone is 4. The smallest absolute Gasteiger partial charge is 0.126 e. The molecule has 0 N–H and O–H groups in total. The molecule has 0 nitrogen and oxygen atoms in total. The molecule has 0 unspecified atom stereocenters. The van der Waals surface area contributed by atoms with Gasteiger partial charge >= 0.3 is 0 Å². The van der Waals surface area contributed by atoms with Gasteiger partial charge in [-0.25, -0.2) is 4.39 Å². The van der Waals surface area contributed by atoms with Crippen molar-refractivity contribution in [2.75, 3.05) is 0 Å². The lowest BCUT2D eigenvalue weighted by Gasteiger charge is -2.28. The summed E-state index contributed by atoms with van der Waals surface area (Å²) in [5, 5.41) is 0. The van der Waals surface area contributed by atoms with Crippen LogP contribution in [0.2, 0.25) is 0 Å². The van der Waals surface area contributed by atoms with Gasteiger partial charge < -0.3 is 0 Å². The molecule has 0 radical (unpaired) electrons. The van der Waals surface area contributed by atoms with Gasteiger partial charge in [-0.05, 0) is 91.5 Å². The third kappa shape index (κ3) is 7.69. The minimum atomic E-state index is -0.0414. The SMILES string of the molecule is CCCC1CCC(CCc2ccc(CCc3ccc(CCC4=CC=CCC4)cc3F)cc2)CC1. The van der Waals surface area contributed by atoms with Gasteiger partial charge in [0.05, 0.1) is 0 Å². The summed E-state index contributed by atoms with van der Waals surface area (Å²) in [5.41, 5.74) is 6.20. The summed E-state index contributed by atoms with van der Waals surface area (Å²) in [5.74, 6) is 1.88. The number of hydrogen-bond acceptors (Lipinski definition) is 0. The van der Waals surface area contributed by atoms with Crippen molar-refractivity contribution in [3.05, 3.63) is 94.3 Å². The van der Waals surface area contributed by atoms with Crippen LogP contribution >= 0.6 is 0 Å². The lowest BCUT2D eigenvalue weighted by molar-refractivity contribution is 0.252. The summed E-state index contributed by atoms with van der Waals surface area (Å²) in [4.78, 5) is 0. The van der Waals surface area contributed by atoms with Gasteiger partial charge in [-0.3, -0.25) is 0 Å². The Balaban J connectivity index is 1.19. The molecule has 2 aliphatic rings. The lowest BCUT2D eigenvalue weighted by atomic mass is 9.78. The van der Waals surface area contributed by atoms with E-state index in [1.807, 2.05) is 6.07 Å². The number of benzene rings is 2. The van der Waals surface area contributed by atoms with E-state index in [2.05, 4.69) is 55.5 Å². The predicted octanol–water partition coefficient (Wildman–Crippen LogP) is 9.36. The van der Waals surface area contributed by atoms with Crippen molar-refractivity contribution in [3.8, 4) is 0 Å². The standard InChI is InChI=1S/C33H43F/c1-2-6-26-9-11-28(12-10-26)13-14-29-15-17-30(18-16-29)21-23-32-24-22-31(25-33(32)34)20-19-27-7-4-3-5-8-27/h3-4,7,15-18,22,24-26,28H,2,5-6,8-14,19-21,23H2,1H3. The molecule has 0 spiro atoms. The summed E-state index contributed by atoms with van der Waals surface area (Å²) in [7, 11) is 0. The van der Waals surface area contributed by atoms with Crippen molar-refractivity contribution in [2.24, 2.45) is 11.8 Å². The highest BCUT2D eigenvalue weighted by Crippen LogP contribution is 2.33. The Morgan fingerprint density at radius 3 is 2.03 bits per heavy atom. The quantitative estimate of drug-likeness (QED) is 0.314. The van der Waals surface area contributed by atoms with E-state index in [1.54, 1.807) is 6.07 Å². The van der Waals surface area contributed by atoms with E-state index >= 15 is 0 Å². The van der Waals surface area contributed by atoms with Crippen LogP contribution in [0.5, 0.6) is 0 Å². The van der Waals surface area contributed by atoms with Gasteiger partial charge in [-0.2, -0.15) is 0 Å². The molecule has 2 aromatic rings. The summed E-state index contributed by atoms with van der Waals surface area (Å²) in [6, 6.07) is 15.0. The number of rotatable bonds is 11. The summed E-state index contributed by atoms with van der Waals surface area (Å²) in [6.07, 6.45) is 23.6.